The van der Waals surface area contributed by atoms with Gasteiger partial charge in [-0.15, -0.1) is 0 Å². The molecule has 2 nitrogen and oxygen atoms in total. The fourth-order valence-electron chi connectivity index (χ4n) is 2.21. The topological polar surface area (TPSA) is 24.1 Å². The molecule has 1 aliphatic heterocycles. The molecule has 1 saturated heterocycles. The van der Waals surface area contributed by atoms with E-state index < -0.39 is 0 Å². The van der Waals surface area contributed by atoms with E-state index in [0.29, 0.717) is 11.6 Å². The summed E-state index contributed by atoms with van der Waals surface area (Å²) in [6.45, 7) is 9.20. The van der Waals surface area contributed by atoms with Crippen molar-refractivity contribution in [1.82, 2.24) is 10.6 Å². The van der Waals surface area contributed by atoms with E-state index >= 15 is 0 Å². The van der Waals surface area contributed by atoms with Crippen LogP contribution in [0.1, 0.15) is 52.9 Å². The van der Waals surface area contributed by atoms with Crippen molar-refractivity contribution >= 4 is 0 Å². The van der Waals surface area contributed by atoms with Gasteiger partial charge in [0.25, 0.3) is 0 Å². The molecule has 1 atom stereocenters. The molecule has 0 amide bonds. The summed E-state index contributed by atoms with van der Waals surface area (Å²) in [5.74, 6) is 0. The Morgan fingerprint density at radius 1 is 1.36 bits per heavy atom. The zero-order valence-corrected chi connectivity index (χ0v) is 10.0. The van der Waals surface area contributed by atoms with Crippen molar-refractivity contribution in [2.45, 2.75) is 64.5 Å². The molecule has 0 aromatic heterocycles. The Morgan fingerprint density at radius 3 is 2.71 bits per heavy atom. The van der Waals surface area contributed by atoms with Crippen molar-refractivity contribution < 1.29 is 0 Å². The maximum atomic E-state index is 3.67. The third-order valence-electron chi connectivity index (χ3n) is 3.11. The maximum absolute atomic E-state index is 3.67. The summed E-state index contributed by atoms with van der Waals surface area (Å²) in [4.78, 5) is 0. The van der Waals surface area contributed by atoms with E-state index in [2.05, 4.69) is 31.4 Å². The van der Waals surface area contributed by atoms with Crippen LogP contribution in [0.2, 0.25) is 0 Å². The van der Waals surface area contributed by atoms with Gasteiger partial charge in [0.05, 0.1) is 0 Å². The second kappa shape index (κ2) is 5.72. The van der Waals surface area contributed by atoms with Crippen LogP contribution in [0.5, 0.6) is 0 Å². The van der Waals surface area contributed by atoms with Gasteiger partial charge in [0.15, 0.2) is 0 Å². The third kappa shape index (κ3) is 4.43. The summed E-state index contributed by atoms with van der Waals surface area (Å²) in [5, 5.41) is 7.24. The highest BCUT2D eigenvalue weighted by molar-refractivity contribution is 4.81. The van der Waals surface area contributed by atoms with Crippen molar-refractivity contribution in [3.63, 3.8) is 0 Å². The van der Waals surface area contributed by atoms with Crippen molar-refractivity contribution in [2.75, 3.05) is 13.1 Å². The number of piperidine rings is 1. The molecular formula is C12H26N2. The second-order valence-electron chi connectivity index (χ2n) is 5.16. The Morgan fingerprint density at radius 2 is 2.14 bits per heavy atom. The molecule has 2 heteroatoms. The van der Waals surface area contributed by atoms with E-state index in [1.165, 1.54) is 38.6 Å². The molecular weight excluding hydrogens is 172 g/mol. The fourth-order valence-corrected chi connectivity index (χ4v) is 2.21. The highest BCUT2D eigenvalue weighted by atomic mass is 15.0. The minimum atomic E-state index is 0.313. The van der Waals surface area contributed by atoms with Gasteiger partial charge in [0.1, 0.15) is 0 Å². The predicted molar refractivity (Wildman–Crippen MR) is 62.6 cm³/mol. The quantitative estimate of drug-likeness (QED) is 0.708. The fraction of sp³-hybridized carbons (Fsp3) is 1.00. The lowest BCUT2D eigenvalue weighted by Crippen LogP contribution is -2.48. The minimum Gasteiger partial charge on any atom is -0.313 e. The van der Waals surface area contributed by atoms with Gasteiger partial charge in [-0.25, -0.2) is 0 Å². The van der Waals surface area contributed by atoms with Crippen LogP contribution in [-0.4, -0.2) is 24.7 Å². The molecule has 1 heterocycles. The van der Waals surface area contributed by atoms with Gasteiger partial charge in [0.2, 0.25) is 0 Å². The van der Waals surface area contributed by atoms with Crippen molar-refractivity contribution in [1.29, 1.82) is 0 Å². The third-order valence-corrected chi connectivity index (χ3v) is 3.11. The monoisotopic (exact) mass is 198 g/mol. The first-order valence-corrected chi connectivity index (χ1v) is 6.12. The predicted octanol–water partition coefficient (Wildman–Crippen LogP) is 2.30. The number of hydrogen-bond donors (Lipinski definition) is 2. The summed E-state index contributed by atoms with van der Waals surface area (Å²) in [6.07, 6.45) is 6.62. The molecule has 0 aromatic carbocycles. The van der Waals surface area contributed by atoms with Crippen LogP contribution in [0.25, 0.3) is 0 Å². The zero-order chi connectivity index (χ0) is 10.4. The summed E-state index contributed by atoms with van der Waals surface area (Å²) in [7, 11) is 0. The van der Waals surface area contributed by atoms with Gasteiger partial charge in [0, 0.05) is 18.1 Å². The Bertz CT molecular complexity index is 148. The lowest BCUT2D eigenvalue weighted by Gasteiger charge is -2.31. The molecule has 84 valence electrons. The maximum Gasteiger partial charge on any atom is 0.0192 e. The Hall–Kier alpha value is -0.0800. The van der Waals surface area contributed by atoms with Crippen LogP contribution in [0.3, 0.4) is 0 Å². The largest absolute Gasteiger partial charge is 0.313 e. The van der Waals surface area contributed by atoms with Crippen LogP contribution in [-0.2, 0) is 0 Å². The first-order chi connectivity index (χ1) is 6.64. The Kier molecular flexibility index (Phi) is 4.90. The van der Waals surface area contributed by atoms with E-state index in [1.54, 1.807) is 0 Å². The minimum absolute atomic E-state index is 0.313. The highest BCUT2D eigenvalue weighted by Crippen LogP contribution is 2.12. The smallest absolute Gasteiger partial charge is 0.0192 e. The van der Waals surface area contributed by atoms with E-state index in [9.17, 15) is 0 Å². The summed E-state index contributed by atoms with van der Waals surface area (Å²) < 4.78 is 0. The van der Waals surface area contributed by atoms with E-state index in [4.69, 9.17) is 0 Å². The number of hydrogen-bond acceptors (Lipinski definition) is 2. The zero-order valence-electron chi connectivity index (χ0n) is 10.0. The van der Waals surface area contributed by atoms with Crippen molar-refractivity contribution in [3.8, 4) is 0 Å². The lowest BCUT2D eigenvalue weighted by atomic mass is 9.97. The van der Waals surface area contributed by atoms with Gasteiger partial charge in [-0.2, -0.15) is 0 Å². The van der Waals surface area contributed by atoms with E-state index in [-0.39, 0.29) is 0 Å². The second-order valence-corrected chi connectivity index (χ2v) is 5.16. The summed E-state index contributed by atoms with van der Waals surface area (Å²) in [6, 6.07) is 0.708. The van der Waals surface area contributed by atoms with Gasteiger partial charge in [-0.1, -0.05) is 19.8 Å². The lowest BCUT2D eigenvalue weighted by molar-refractivity contribution is 0.308. The number of nitrogens with one attached hydrogen (secondary N) is 2. The number of rotatable bonds is 5. The standard InChI is InChI=1S/C12H26N2/c1-4-8-12(2,3)14-10-11-7-5-6-9-13-11/h11,13-14H,4-10H2,1-3H3. The molecule has 0 radical (unpaired) electrons. The SMILES string of the molecule is CCCC(C)(C)NCC1CCCCN1. The van der Waals surface area contributed by atoms with Crippen LogP contribution in [0.4, 0.5) is 0 Å². The van der Waals surface area contributed by atoms with Crippen LogP contribution < -0.4 is 10.6 Å². The average Bonchev–Trinajstić information content (AvgIpc) is 2.17. The summed E-state index contributed by atoms with van der Waals surface area (Å²) in [5.41, 5.74) is 0.313. The van der Waals surface area contributed by atoms with E-state index in [0.717, 1.165) is 6.54 Å². The molecule has 0 saturated carbocycles. The van der Waals surface area contributed by atoms with Crippen LogP contribution >= 0.6 is 0 Å². The molecule has 1 unspecified atom stereocenters. The molecule has 0 aliphatic carbocycles. The first-order valence-electron chi connectivity index (χ1n) is 6.12. The molecule has 14 heavy (non-hydrogen) atoms. The molecule has 1 rings (SSSR count). The highest BCUT2D eigenvalue weighted by Gasteiger charge is 2.18. The molecule has 0 aromatic rings. The molecule has 0 bridgehead atoms. The summed E-state index contributed by atoms with van der Waals surface area (Å²) >= 11 is 0. The van der Waals surface area contributed by atoms with Crippen molar-refractivity contribution in [2.24, 2.45) is 0 Å². The molecule has 1 aliphatic rings. The van der Waals surface area contributed by atoms with Gasteiger partial charge >= 0.3 is 0 Å². The Labute approximate surface area is 88.8 Å². The van der Waals surface area contributed by atoms with Gasteiger partial charge in [-0.05, 0) is 39.7 Å². The van der Waals surface area contributed by atoms with Crippen LogP contribution in [0, 0.1) is 0 Å². The molecule has 0 spiro atoms. The first kappa shape index (κ1) is 12.0. The molecule has 2 N–H and O–H groups in total. The molecule has 1 fully saturated rings. The van der Waals surface area contributed by atoms with Crippen molar-refractivity contribution in [3.05, 3.63) is 0 Å². The van der Waals surface area contributed by atoms with Gasteiger partial charge < -0.3 is 10.6 Å². The van der Waals surface area contributed by atoms with Crippen LogP contribution in [0.15, 0.2) is 0 Å². The van der Waals surface area contributed by atoms with Gasteiger partial charge in [-0.3, -0.25) is 0 Å². The van der Waals surface area contributed by atoms with E-state index in [1.807, 2.05) is 0 Å². The Balaban J connectivity index is 2.17. The normalized spacial score (nSPS) is 23.8. The average molecular weight is 198 g/mol.